The Morgan fingerprint density at radius 3 is 2.64 bits per heavy atom. The third-order valence-corrected chi connectivity index (χ3v) is 6.54. The Morgan fingerprint density at radius 1 is 1.16 bits per heavy atom. The quantitative estimate of drug-likeness (QED) is 0.652. The standard InChI is InChI=1S/C20H22ClN3O/c1-12-2-6-15(7-3-12)23-19-16(22-20(23)25)8-9-18(21)24(19)17-11-13-4-5-14(17)10-13/h2-3,6-9,13-14,17-18H,4-5,10-11H2,1H3,(H,22,25). The topological polar surface area (TPSA) is 41.0 Å². The van der Waals surface area contributed by atoms with E-state index in [-0.39, 0.29) is 11.2 Å². The summed E-state index contributed by atoms with van der Waals surface area (Å²) in [6.45, 7) is 2.05. The normalized spacial score (nSPS) is 30.1. The highest BCUT2D eigenvalue weighted by molar-refractivity contribution is 6.23. The molecule has 1 aliphatic heterocycles. The number of H-pyrrole nitrogens is 1. The molecule has 2 aliphatic carbocycles. The zero-order chi connectivity index (χ0) is 17.1. The van der Waals surface area contributed by atoms with E-state index < -0.39 is 0 Å². The number of rotatable bonds is 2. The molecule has 4 nitrogen and oxygen atoms in total. The zero-order valence-corrected chi connectivity index (χ0v) is 15.0. The van der Waals surface area contributed by atoms with Crippen molar-refractivity contribution >= 4 is 23.5 Å². The van der Waals surface area contributed by atoms with Gasteiger partial charge in [0, 0.05) is 6.04 Å². The zero-order valence-electron chi connectivity index (χ0n) is 14.3. The summed E-state index contributed by atoms with van der Waals surface area (Å²) >= 11 is 6.73. The lowest BCUT2D eigenvalue weighted by atomic mass is 9.93. The lowest BCUT2D eigenvalue weighted by Gasteiger charge is -2.40. The Kier molecular flexibility index (Phi) is 3.39. The average Bonchev–Trinajstić information content (AvgIpc) is 3.29. The number of aryl methyl sites for hydroxylation is 1. The summed E-state index contributed by atoms with van der Waals surface area (Å²) < 4.78 is 1.79. The van der Waals surface area contributed by atoms with Crippen molar-refractivity contribution in [1.82, 2.24) is 9.55 Å². The Hall–Kier alpha value is -1.94. The lowest BCUT2D eigenvalue weighted by Crippen LogP contribution is -2.45. The molecule has 5 heteroatoms. The molecule has 4 atom stereocenters. The molecule has 1 aromatic heterocycles. The fraction of sp³-hybridized carbons (Fsp3) is 0.450. The fourth-order valence-electron chi connectivity index (χ4n) is 5.02. The number of aromatic amines is 1. The summed E-state index contributed by atoms with van der Waals surface area (Å²) in [4.78, 5) is 18.0. The minimum Gasteiger partial charge on any atom is -0.333 e. The molecule has 0 radical (unpaired) electrons. The number of imidazole rings is 1. The van der Waals surface area contributed by atoms with Gasteiger partial charge in [-0.15, -0.1) is 0 Å². The maximum atomic E-state index is 12.7. The number of aromatic nitrogens is 2. The minimum atomic E-state index is -0.205. The van der Waals surface area contributed by atoms with Gasteiger partial charge in [0.2, 0.25) is 0 Å². The summed E-state index contributed by atoms with van der Waals surface area (Å²) in [6.07, 6.45) is 9.07. The van der Waals surface area contributed by atoms with Crippen molar-refractivity contribution in [2.75, 3.05) is 4.90 Å². The minimum absolute atomic E-state index is 0.0996. The van der Waals surface area contributed by atoms with Crippen LogP contribution in [0.5, 0.6) is 0 Å². The van der Waals surface area contributed by atoms with Crippen LogP contribution in [0.3, 0.4) is 0 Å². The number of anilines is 1. The molecule has 2 saturated carbocycles. The van der Waals surface area contributed by atoms with E-state index in [1.165, 1.54) is 31.2 Å². The number of benzene rings is 1. The van der Waals surface area contributed by atoms with Crippen LogP contribution < -0.4 is 10.6 Å². The van der Waals surface area contributed by atoms with E-state index in [4.69, 9.17) is 11.6 Å². The molecular formula is C20H22ClN3O. The highest BCUT2D eigenvalue weighted by atomic mass is 35.5. The van der Waals surface area contributed by atoms with Crippen molar-refractivity contribution in [3.8, 4) is 5.69 Å². The molecule has 2 aromatic rings. The molecule has 3 aliphatic rings. The molecule has 5 rings (SSSR count). The van der Waals surface area contributed by atoms with Gasteiger partial charge in [0.15, 0.2) is 0 Å². The predicted octanol–water partition coefficient (Wildman–Crippen LogP) is 4.06. The van der Waals surface area contributed by atoms with E-state index >= 15 is 0 Å². The fourth-order valence-corrected chi connectivity index (χ4v) is 5.33. The van der Waals surface area contributed by atoms with Crippen LogP contribution in [0.1, 0.15) is 36.9 Å². The lowest BCUT2D eigenvalue weighted by molar-refractivity contribution is 0.390. The van der Waals surface area contributed by atoms with Crippen LogP contribution >= 0.6 is 11.6 Å². The molecule has 25 heavy (non-hydrogen) atoms. The summed E-state index contributed by atoms with van der Waals surface area (Å²) in [5.74, 6) is 2.45. The van der Waals surface area contributed by atoms with Crippen LogP contribution in [-0.4, -0.2) is 21.1 Å². The van der Waals surface area contributed by atoms with Gasteiger partial charge < -0.3 is 9.88 Å². The largest absolute Gasteiger partial charge is 0.333 e. The highest BCUT2D eigenvalue weighted by Crippen LogP contribution is 2.49. The van der Waals surface area contributed by atoms with Gasteiger partial charge in [-0.25, -0.2) is 9.36 Å². The Bertz CT molecular complexity index is 895. The Labute approximate surface area is 152 Å². The van der Waals surface area contributed by atoms with E-state index in [1.54, 1.807) is 4.57 Å². The van der Waals surface area contributed by atoms with Gasteiger partial charge in [-0.2, -0.15) is 0 Å². The van der Waals surface area contributed by atoms with Gasteiger partial charge in [0.05, 0.1) is 11.4 Å². The van der Waals surface area contributed by atoms with Gasteiger partial charge in [-0.3, -0.25) is 0 Å². The monoisotopic (exact) mass is 355 g/mol. The molecule has 2 heterocycles. The molecule has 2 fully saturated rings. The maximum absolute atomic E-state index is 12.7. The molecule has 1 N–H and O–H groups in total. The van der Waals surface area contributed by atoms with E-state index in [9.17, 15) is 4.79 Å². The number of nitrogens with zero attached hydrogens (tertiary/aromatic N) is 2. The Balaban J connectivity index is 1.66. The maximum Gasteiger partial charge on any atom is 0.332 e. The van der Waals surface area contributed by atoms with E-state index in [1.807, 2.05) is 36.4 Å². The molecular weight excluding hydrogens is 334 g/mol. The molecule has 2 bridgehead atoms. The van der Waals surface area contributed by atoms with Crippen molar-refractivity contribution in [3.63, 3.8) is 0 Å². The molecule has 4 unspecified atom stereocenters. The van der Waals surface area contributed by atoms with Crippen LogP contribution in [0.4, 0.5) is 5.82 Å². The second-order valence-electron chi connectivity index (χ2n) is 7.72. The number of fused-ring (bicyclic) bond motifs is 3. The number of hydrogen-bond acceptors (Lipinski definition) is 2. The third-order valence-electron chi connectivity index (χ3n) is 6.18. The number of hydrogen-bond donors (Lipinski definition) is 1. The predicted molar refractivity (Wildman–Crippen MR) is 102 cm³/mol. The van der Waals surface area contributed by atoms with Crippen LogP contribution in [0.15, 0.2) is 35.1 Å². The van der Waals surface area contributed by atoms with Gasteiger partial charge >= 0.3 is 5.69 Å². The summed E-state index contributed by atoms with van der Waals surface area (Å²) in [5.41, 5.74) is 2.63. The summed E-state index contributed by atoms with van der Waals surface area (Å²) in [7, 11) is 0. The van der Waals surface area contributed by atoms with Crippen molar-refractivity contribution < 1.29 is 0 Å². The second kappa shape index (κ2) is 5.53. The smallest absolute Gasteiger partial charge is 0.332 e. The molecule has 0 spiro atoms. The van der Waals surface area contributed by atoms with Crippen molar-refractivity contribution in [2.24, 2.45) is 11.8 Å². The number of alkyl halides is 1. The van der Waals surface area contributed by atoms with Gasteiger partial charge in [0.1, 0.15) is 11.3 Å². The first-order valence-corrected chi connectivity index (χ1v) is 9.58. The van der Waals surface area contributed by atoms with Crippen LogP contribution in [0.2, 0.25) is 0 Å². The van der Waals surface area contributed by atoms with Gasteiger partial charge in [-0.05, 0) is 62.3 Å². The number of nitrogens with one attached hydrogen (secondary N) is 1. The SMILES string of the molecule is Cc1ccc(-n2c3c([nH]c2=O)C=CC(Cl)N3C2CC3CCC2C3)cc1. The molecule has 1 aromatic carbocycles. The van der Waals surface area contributed by atoms with Gasteiger partial charge in [0.25, 0.3) is 0 Å². The molecule has 0 amide bonds. The highest BCUT2D eigenvalue weighted by Gasteiger charge is 2.45. The summed E-state index contributed by atoms with van der Waals surface area (Å²) in [6, 6.07) is 8.52. The van der Waals surface area contributed by atoms with Crippen molar-refractivity contribution in [2.45, 2.75) is 44.1 Å². The molecule has 130 valence electrons. The van der Waals surface area contributed by atoms with E-state index in [2.05, 4.69) is 16.8 Å². The van der Waals surface area contributed by atoms with Crippen LogP contribution in [-0.2, 0) is 0 Å². The first kappa shape index (κ1) is 15.3. The summed E-state index contributed by atoms with van der Waals surface area (Å²) in [5, 5.41) is 0. The van der Waals surface area contributed by atoms with Crippen LogP contribution in [0, 0.1) is 18.8 Å². The third kappa shape index (κ3) is 2.30. The number of halogens is 1. The molecule has 0 saturated heterocycles. The average molecular weight is 356 g/mol. The first-order chi connectivity index (χ1) is 12.1. The van der Waals surface area contributed by atoms with Gasteiger partial charge in [-0.1, -0.05) is 35.7 Å². The Morgan fingerprint density at radius 2 is 1.96 bits per heavy atom. The van der Waals surface area contributed by atoms with E-state index in [0.29, 0.717) is 12.0 Å². The second-order valence-corrected chi connectivity index (χ2v) is 8.17. The van der Waals surface area contributed by atoms with Crippen LogP contribution in [0.25, 0.3) is 11.8 Å². The van der Waals surface area contributed by atoms with Crippen molar-refractivity contribution in [1.29, 1.82) is 0 Å². The van der Waals surface area contributed by atoms with E-state index in [0.717, 1.165) is 23.1 Å². The first-order valence-electron chi connectivity index (χ1n) is 9.14. The van der Waals surface area contributed by atoms with Crippen molar-refractivity contribution in [3.05, 3.63) is 52.1 Å².